The molecular weight excluding hydrogens is 178 g/mol. The number of nitrogens with zero attached hydrogens (tertiary/aromatic N) is 2. The number of hydrogen-bond donors (Lipinski definition) is 1. The lowest BCUT2D eigenvalue weighted by Gasteiger charge is -2.19. The predicted octanol–water partition coefficient (Wildman–Crippen LogP) is 0.889. The lowest BCUT2D eigenvalue weighted by atomic mass is 10.3. The first kappa shape index (κ1) is 9.27. The van der Waals surface area contributed by atoms with Gasteiger partial charge in [0.25, 0.3) is 0 Å². The average Bonchev–Trinajstić information content (AvgIpc) is 2.67. The van der Waals surface area contributed by atoms with E-state index in [2.05, 4.69) is 9.88 Å². The van der Waals surface area contributed by atoms with Crippen molar-refractivity contribution in [3.05, 3.63) is 18.3 Å². The van der Waals surface area contributed by atoms with Gasteiger partial charge in [0, 0.05) is 26.4 Å². The van der Waals surface area contributed by atoms with E-state index in [1.165, 1.54) is 0 Å². The van der Waals surface area contributed by atoms with Crippen molar-refractivity contribution in [3.8, 4) is 0 Å². The molecule has 1 unspecified atom stereocenters. The van der Waals surface area contributed by atoms with Gasteiger partial charge in [-0.15, -0.1) is 0 Å². The van der Waals surface area contributed by atoms with Crippen LogP contribution in [0.15, 0.2) is 18.3 Å². The van der Waals surface area contributed by atoms with E-state index in [0.717, 1.165) is 25.2 Å². The maximum absolute atomic E-state index is 5.79. The highest BCUT2D eigenvalue weighted by Crippen LogP contribution is 2.25. The van der Waals surface area contributed by atoms with Crippen molar-refractivity contribution in [2.45, 2.75) is 12.5 Å². The molecule has 1 atom stereocenters. The third kappa shape index (κ3) is 1.65. The van der Waals surface area contributed by atoms with Crippen molar-refractivity contribution in [1.29, 1.82) is 0 Å². The first-order chi connectivity index (χ1) is 6.81. The SMILES string of the molecule is COC1CCN(c2cccnc2N)C1. The monoisotopic (exact) mass is 193 g/mol. The largest absolute Gasteiger partial charge is 0.382 e. The van der Waals surface area contributed by atoms with Gasteiger partial charge in [-0.2, -0.15) is 0 Å². The van der Waals surface area contributed by atoms with E-state index >= 15 is 0 Å². The molecule has 0 bridgehead atoms. The molecule has 2 heterocycles. The van der Waals surface area contributed by atoms with Gasteiger partial charge < -0.3 is 15.4 Å². The third-order valence-corrected chi connectivity index (χ3v) is 2.64. The molecule has 14 heavy (non-hydrogen) atoms. The van der Waals surface area contributed by atoms with Gasteiger partial charge in [0.1, 0.15) is 5.82 Å². The number of rotatable bonds is 2. The zero-order chi connectivity index (χ0) is 9.97. The van der Waals surface area contributed by atoms with Crippen molar-refractivity contribution in [2.75, 3.05) is 30.8 Å². The molecule has 4 nitrogen and oxygen atoms in total. The molecule has 0 saturated carbocycles. The van der Waals surface area contributed by atoms with Crippen LogP contribution in [0.2, 0.25) is 0 Å². The van der Waals surface area contributed by atoms with E-state index in [-0.39, 0.29) is 0 Å². The normalized spacial score (nSPS) is 21.5. The van der Waals surface area contributed by atoms with Crippen LogP contribution in [-0.4, -0.2) is 31.3 Å². The summed E-state index contributed by atoms with van der Waals surface area (Å²) >= 11 is 0. The van der Waals surface area contributed by atoms with Crippen LogP contribution in [0.5, 0.6) is 0 Å². The molecule has 0 aliphatic carbocycles. The van der Waals surface area contributed by atoms with E-state index < -0.39 is 0 Å². The molecule has 1 aliphatic rings. The summed E-state index contributed by atoms with van der Waals surface area (Å²) in [5, 5.41) is 0. The second kappa shape index (κ2) is 3.84. The van der Waals surface area contributed by atoms with Crippen molar-refractivity contribution in [2.24, 2.45) is 0 Å². The van der Waals surface area contributed by atoms with Crippen molar-refractivity contribution >= 4 is 11.5 Å². The van der Waals surface area contributed by atoms with E-state index in [4.69, 9.17) is 10.5 Å². The summed E-state index contributed by atoms with van der Waals surface area (Å²) in [6.45, 7) is 1.90. The minimum Gasteiger partial charge on any atom is -0.382 e. The third-order valence-electron chi connectivity index (χ3n) is 2.64. The van der Waals surface area contributed by atoms with Crippen molar-refractivity contribution in [3.63, 3.8) is 0 Å². The molecule has 0 aromatic carbocycles. The number of hydrogen-bond acceptors (Lipinski definition) is 4. The van der Waals surface area contributed by atoms with Crippen molar-refractivity contribution < 1.29 is 4.74 Å². The van der Waals surface area contributed by atoms with Gasteiger partial charge >= 0.3 is 0 Å². The molecule has 0 amide bonds. The molecule has 0 spiro atoms. The lowest BCUT2D eigenvalue weighted by molar-refractivity contribution is 0.121. The smallest absolute Gasteiger partial charge is 0.146 e. The molecule has 1 aromatic rings. The summed E-state index contributed by atoms with van der Waals surface area (Å²) in [6, 6.07) is 3.91. The fraction of sp³-hybridized carbons (Fsp3) is 0.500. The summed E-state index contributed by atoms with van der Waals surface area (Å²) in [7, 11) is 1.75. The van der Waals surface area contributed by atoms with Crippen LogP contribution >= 0.6 is 0 Å². The highest BCUT2D eigenvalue weighted by Gasteiger charge is 2.23. The summed E-state index contributed by atoms with van der Waals surface area (Å²) in [6.07, 6.45) is 3.10. The Morgan fingerprint density at radius 1 is 1.64 bits per heavy atom. The van der Waals surface area contributed by atoms with Crippen LogP contribution in [0, 0.1) is 0 Å². The Labute approximate surface area is 83.7 Å². The molecule has 1 fully saturated rings. The molecule has 76 valence electrons. The summed E-state index contributed by atoms with van der Waals surface area (Å²) in [4.78, 5) is 6.29. The van der Waals surface area contributed by atoms with E-state index in [1.807, 2.05) is 12.1 Å². The van der Waals surface area contributed by atoms with Gasteiger partial charge in [0.15, 0.2) is 0 Å². The standard InChI is InChI=1S/C10H15N3O/c1-14-8-4-6-13(7-8)9-3-2-5-12-10(9)11/h2-3,5,8H,4,6-7H2,1H3,(H2,11,12). The number of nitrogens with two attached hydrogens (primary N) is 1. The van der Waals surface area contributed by atoms with Gasteiger partial charge in [0.05, 0.1) is 11.8 Å². The molecule has 1 saturated heterocycles. The Kier molecular flexibility index (Phi) is 2.54. The lowest BCUT2D eigenvalue weighted by Crippen LogP contribution is -2.23. The van der Waals surface area contributed by atoms with Crippen LogP contribution in [0.3, 0.4) is 0 Å². The first-order valence-electron chi connectivity index (χ1n) is 4.79. The molecular formula is C10H15N3O. The van der Waals surface area contributed by atoms with Crippen LogP contribution in [0.1, 0.15) is 6.42 Å². The fourth-order valence-corrected chi connectivity index (χ4v) is 1.82. The fourth-order valence-electron chi connectivity index (χ4n) is 1.82. The number of anilines is 2. The van der Waals surface area contributed by atoms with E-state index in [1.54, 1.807) is 13.3 Å². The quantitative estimate of drug-likeness (QED) is 0.757. The number of aromatic nitrogens is 1. The summed E-state index contributed by atoms with van der Waals surface area (Å²) in [5.41, 5.74) is 6.81. The molecule has 2 rings (SSSR count). The Balaban J connectivity index is 2.13. The molecule has 1 aliphatic heterocycles. The average molecular weight is 193 g/mol. The highest BCUT2D eigenvalue weighted by atomic mass is 16.5. The zero-order valence-corrected chi connectivity index (χ0v) is 8.31. The van der Waals surface area contributed by atoms with E-state index in [9.17, 15) is 0 Å². The summed E-state index contributed by atoms with van der Waals surface area (Å²) in [5.74, 6) is 0.601. The van der Waals surface area contributed by atoms with Gasteiger partial charge in [-0.1, -0.05) is 0 Å². The van der Waals surface area contributed by atoms with Crippen LogP contribution < -0.4 is 10.6 Å². The van der Waals surface area contributed by atoms with E-state index in [0.29, 0.717) is 11.9 Å². The highest BCUT2D eigenvalue weighted by molar-refractivity contribution is 5.63. The maximum atomic E-state index is 5.79. The zero-order valence-electron chi connectivity index (χ0n) is 8.31. The number of pyridine rings is 1. The number of nitrogen functional groups attached to an aromatic ring is 1. The minimum atomic E-state index is 0.328. The predicted molar refractivity (Wildman–Crippen MR) is 56.3 cm³/mol. The number of ether oxygens (including phenoxy) is 1. The van der Waals surface area contributed by atoms with Gasteiger partial charge in [-0.05, 0) is 18.6 Å². The topological polar surface area (TPSA) is 51.4 Å². The second-order valence-electron chi connectivity index (χ2n) is 3.50. The number of methoxy groups -OCH3 is 1. The molecule has 0 radical (unpaired) electrons. The van der Waals surface area contributed by atoms with Gasteiger partial charge in [-0.3, -0.25) is 0 Å². The molecule has 4 heteroatoms. The molecule has 1 aromatic heterocycles. The Morgan fingerprint density at radius 2 is 2.50 bits per heavy atom. The minimum absolute atomic E-state index is 0.328. The van der Waals surface area contributed by atoms with Crippen LogP contribution in [-0.2, 0) is 4.74 Å². The van der Waals surface area contributed by atoms with Crippen molar-refractivity contribution in [1.82, 2.24) is 4.98 Å². The Hall–Kier alpha value is -1.29. The van der Waals surface area contributed by atoms with Gasteiger partial charge in [-0.25, -0.2) is 4.98 Å². The van der Waals surface area contributed by atoms with Crippen LogP contribution in [0.4, 0.5) is 11.5 Å². The summed E-state index contributed by atoms with van der Waals surface area (Å²) < 4.78 is 5.30. The maximum Gasteiger partial charge on any atom is 0.146 e. The molecule has 2 N–H and O–H groups in total. The second-order valence-corrected chi connectivity index (χ2v) is 3.50. The van der Waals surface area contributed by atoms with Crippen LogP contribution in [0.25, 0.3) is 0 Å². The van der Waals surface area contributed by atoms with Gasteiger partial charge in [0.2, 0.25) is 0 Å². The first-order valence-corrected chi connectivity index (χ1v) is 4.79. The Bertz CT molecular complexity index is 316. The Morgan fingerprint density at radius 3 is 3.14 bits per heavy atom.